The molecule has 0 aliphatic rings. The largest absolute Gasteiger partial charge is 0.506 e. The molecule has 0 atom stereocenters. The summed E-state index contributed by atoms with van der Waals surface area (Å²) in [5.74, 6) is -3.05. The van der Waals surface area contributed by atoms with Gasteiger partial charge in [-0.05, 0) is 6.07 Å². The number of benzene rings is 1. The quantitative estimate of drug-likeness (QED) is 0.208. The number of amidine groups is 1. The van der Waals surface area contributed by atoms with Crippen LogP contribution in [0.15, 0.2) is 17.2 Å². The van der Waals surface area contributed by atoms with Gasteiger partial charge in [0.25, 0.3) is 0 Å². The zero-order chi connectivity index (χ0) is 15.3. The molecule has 0 amide bonds. The Balaban J connectivity index is 3.17. The summed E-state index contributed by atoms with van der Waals surface area (Å²) < 4.78 is 17.8. The number of esters is 1. The summed E-state index contributed by atoms with van der Waals surface area (Å²) in [4.78, 5) is 11.3. The van der Waals surface area contributed by atoms with Crippen molar-refractivity contribution in [2.45, 2.75) is 0 Å². The Labute approximate surface area is 112 Å². The van der Waals surface area contributed by atoms with Crippen LogP contribution in [0.3, 0.4) is 0 Å². The summed E-state index contributed by atoms with van der Waals surface area (Å²) in [5.41, 5.74) is 6.26. The average Bonchev–Trinajstić information content (AvgIpc) is 2.40. The lowest BCUT2D eigenvalue weighted by molar-refractivity contribution is 0.0595. The van der Waals surface area contributed by atoms with Crippen molar-refractivity contribution < 1.29 is 19.0 Å². The standard InChI is InChI=1S/C11H10FN5O3/c1-20-11(19)5-2-7(9(18)3-6(5)12)16-17-8(4-13)10(14)15/h2-3,16,18H,1H3,(H3,14,15)/b17-8+. The van der Waals surface area contributed by atoms with Gasteiger partial charge in [-0.1, -0.05) is 0 Å². The van der Waals surface area contributed by atoms with Gasteiger partial charge in [0.1, 0.15) is 17.6 Å². The number of nitrogens with zero attached hydrogens (tertiary/aromatic N) is 2. The molecule has 0 saturated heterocycles. The average molecular weight is 279 g/mol. The molecule has 5 N–H and O–H groups in total. The Kier molecular flexibility index (Phi) is 4.58. The van der Waals surface area contributed by atoms with Gasteiger partial charge < -0.3 is 15.6 Å². The molecule has 8 nitrogen and oxygen atoms in total. The minimum atomic E-state index is -0.976. The summed E-state index contributed by atoms with van der Waals surface area (Å²) in [6, 6.07) is 3.18. The number of anilines is 1. The van der Waals surface area contributed by atoms with Crippen molar-refractivity contribution in [2.75, 3.05) is 12.5 Å². The summed E-state index contributed by atoms with van der Waals surface area (Å²) in [6.45, 7) is 0. The van der Waals surface area contributed by atoms with E-state index in [0.29, 0.717) is 6.07 Å². The van der Waals surface area contributed by atoms with Crippen LogP contribution in [0.5, 0.6) is 5.75 Å². The van der Waals surface area contributed by atoms with E-state index >= 15 is 0 Å². The molecule has 0 aromatic heterocycles. The van der Waals surface area contributed by atoms with Gasteiger partial charge in [-0.3, -0.25) is 10.8 Å². The second kappa shape index (κ2) is 6.14. The van der Waals surface area contributed by atoms with Crippen LogP contribution in [0.4, 0.5) is 10.1 Å². The van der Waals surface area contributed by atoms with E-state index in [1.165, 1.54) is 0 Å². The lowest BCUT2D eigenvalue weighted by Gasteiger charge is -2.07. The number of hydrogen-bond donors (Lipinski definition) is 4. The highest BCUT2D eigenvalue weighted by molar-refractivity contribution is 6.45. The van der Waals surface area contributed by atoms with Crippen LogP contribution in [0.25, 0.3) is 0 Å². The maximum atomic E-state index is 13.4. The number of ether oxygens (including phenoxy) is 1. The van der Waals surface area contributed by atoms with E-state index < -0.39 is 34.6 Å². The van der Waals surface area contributed by atoms with Crippen LogP contribution in [0, 0.1) is 22.6 Å². The van der Waals surface area contributed by atoms with Crippen LogP contribution < -0.4 is 11.2 Å². The van der Waals surface area contributed by atoms with E-state index in [1.54, 1.807) is 6.07 Å². The van der Waals surface area contributed by atoms with Crippen LogP contribution in [0.1, 0.15) is 10.4 Å². The summed E-state index contributed by atoms with van der Waals surface area (Å²) in [7, 11) is 1.07. The number of nitrogens with one attached hydrogen (secondary N) is 2. The molecule has 0 aliphatic heterocycles. The van der Waals surface area contributed by atoms with Crippen molar-refractivity contribution in [1.29, 1.82) is 10.7 Å². The maximum absolute atomic E-state index is 13.4. The van der Waals surface area contributed by atoms with Gasteiger partial charge in [0.15, 0.2) is 5.84 Å². The molecule has 1 rings (SSSR count). The molecule has 104 valence electrons. The normalized spacial score (nSPS) is 10.6. The highest BCUT2D eigenvalue weighted by Crippen LogP contribution is 2.27. The maximum Gasteiger partial charge on any atom is 0.340 e. The minimum Gasteiger partial charge on any atom is -0.506 e. The van der Waals surface area contributed by atoms with Crippen molar-refractivity contribution in [2.24, 2.45) is 10.8 Å². The van der Waals surface area contributed by atoms with E-state index in [-0.39, 0.29) is 5.69 Å². The Morgan fingerprint density at radius 3 is 2.80 bits per heavy atom. The third kappa shape index (κ3) is 3.20. The first-order valence-corrected chi connectivity index (χ1v) is 5.09. The molecule has 0 fully saturated rings. The highest BCUT2D eigenvalue weighted by Gasteiger charge is 2.16. The molecule has 0 spiro atoms. The molecule has 0 unspecified atom stereocenters. The van der Waals surface area contributed by atoms with Crippen molar-refractivity contribution in [3.05, 3.63) is 23.5 Å². The van der Waals surface area contributed by atoms with Gasteiger partial charge in [-0.25, -0.2) is 9.18 Å². The van der Waals surface area contributed by atoms with E-state index in [4.69, 9.17) is 16.4 Å². The van der Waals surface area contributed by atoms with Crippen LogP contribution in [-0.2, 0) is 4.74 Å². The summed E-state index contributed by atoms with van der Waals surface area (Å²) >= 11 is 0. The third-order valence-electron chi connectivity index (χ3n) is 2.14. The molecule has 20 heavy (non-hydrogen) atoms. The molecule has 0 bridgehead atoms. The second-order valence-corrected chi connectivity index (χ2v) is 3.44. The molecule has 1 aromatic carbocycles. The number of phenolic OH excluding ortho intramolecular Hbond substituents is 1. The Morgan fingerprint density at radius 2 is 2.30 bits per heavy atom. The van der Waals surface area contributed by atoms with Crippen molar-refractivity contribution in [3.8, 4) is 11.8 Å². The van der Waals surface area contributed by atoms with Crippen molar-refractivity contribution in [1.82, 2.24) is 0 Å². The number of methoxy groups -OCH3 is 1. The Hall–Kier alpha value is -3.15. The van der Waals surface area contributed by atoms with Gasteiger partial charge in [0.05, 0.1) is 18.4 Å². The zero-order valence-corrected chi connectivity index (χ0v) is 10.3. The fourth-order valence-corrected chi connectivity index (χ4v) is 1.18. The highest BCUT2D eigenvalue weighted by atomic mass is 19.1. The van der Waals surface area contributed by atoms with E-state index in [0.717, 1.165) is 13.2 Å². The fraction of sp³-hybridized carbons (Fsp3) is 0.0909. The first-order valence-electron chi connectivity index (χ1n) is 5.09. The van der Waals surface area contributed by atoms with Crippen LogP contribution in [0.2, 0.25) is 0 Å². The van der Waals surface area contributed by atoms with E-state index in [1.807, 2.05) is 0 Å². The number of carbonyl (C=O) groups is 1. The number of hydrogen-bond acceptors (Lipinski definition) is 7. The molecular formula is C11H10FN5O3. The number of aromatic hydroxyl groups is 1. The minimum absolute atomic E-state index is 0.152. The smallest absolute Gasteiger partial charge is 0.340 e. The molecule has 1 aromatic rings. The molecule has 0 radical (unpaired) electrons. The predicted octanol–water partition coefficient (Wildman–Crippen LogP) is 0.545. The molecule has 0 heterocycles. The van der Waals surface area contributed by atoms with Gasteiger partial charge >= 0.3 is 5.97 Å². The number of nitrogens with two attached hydrogens (primary N) is 1. The van der Waals surface area contributed by atoms with Gasteiger partial charge in [-0.2, -0.15) is 10.4 Å². The Bertz CT molecular complexity index is 636. The second-order valence-electron chi connectivity index (χ2n) is 3.44. The van der Waals surface area contributed by atoms with E-state index in [2.05, 4.69) is 15.3 Å². The topological polar surface area (TPSA) is 145 Å². The van der Waals surface area contributed by atoms with E-state index in [9.17, 15) is 14.3 Å². The molecule has 0 saturated carbocycles. The SMILES string of the molecule is COC(=O)c1cc(N/N=C(\C#N)C(=N)N)c(O)cc1F. The van der Waals surface area contributed by atoms with Crippen LogP contribution >= 0.6 is 0 Å². The van der Waals surface area contributed by atoms with Gasteiger partial charge in [-0.15, -0.1) is 0 Å². The summed E-state index contributed by atoms with van der Waals surface area (Å²) in [6.07, 6.45) is 0. The summed E-state index contributed by atoms with van der Waals surface area (Å²) in [5, 5.41) is 28.6. The molecule has 0 aliphatic carbocycles. The first kappa shape index (κ1) is 14.9. The molecule has 9 heteroatoms. The zero-order valence-electron chi connectivity index (χ0n) is 10.3. The first-order chi connectivity index (χ1) is 9.40. The fourth-order valence-electron chi connectivity index (χ4n) is 1.18. The molecular weight excluding hydrogens is 269 g/mol. The number of halogens is 1. The van der Waals surface area contributed by atoms with Crippen molar-refractivity contribution >= 4 is 23.2 Å². The van der Waals surface area contributed by atoms with Gasteiger partial charge in [0, 0.05) is 6.07 Å². The van der Waals surface area contributed by atoms with Gasteiger partial charge in [0.2, 0.25) is 5.71 Å². The van der Waals surface area contributed by atoms with Crippen molar-refractivity contribution in [3.63, 3.8) is 0 Å². The number of carbonyl (C=O) groups excluding carboxylic acids is 1. The third-order valence-corrected chi connectivity index (χ3v) is 2.14. The lowest BCUT2D eigenvalue weighted by atomic mass is 10.2. The number of phenols is 1. The number of rotatable bonds is 4. The Morgan fingerprint density at radius 1 is 1.65 bits per heavy atom. The number of nitriles is 1. The lowest BCUT2D eigenvalue weighted by Crippen LogP contribution is -2.21. The van der Waals surface area contributed by atoms with Crippen LogP contribution in [-0.4, -0.2) is 29.7 Å². The number of hydrazone groups is 1. The monoisotopic (exact) mass is 279 g/mol. The predicted molar refractivity (Wildman–Crippen MR) is 68.0 cm³/mol.